The molecular formula is C15H17ClN2OS. The third-order valence-corrected chi connectivity index (χ3v) is 4.48. The molecule has 0 unspecified atom stereocenters. The van der Waals surface area contributed by atoms with Gasteiger partial charge in [-0.1, -0.05) is 11.6 Å². The maximum absolute atomic E-state index is 5.84. The Bertz CT molecular complexity index is 566. The Morgan fingerprint density at radius 2 is 2.10 bits per heavy atom. The summed E-state index contributed by atoms with van der Waals surface area (Å²) in [7, 11) is 2.17. The van der Waals surface area contributed by atoms with Gasteiger partial charge in [0.15, 0.2) is 0 Å². The third kappa shape index (κ3) is 3.72. The van der Waals surface area contributed by atoms with Crippen LogP contribution in [-0.4, -0.2) is 23.0 Å². The van der Waals surface area contributed by atoms with E-state index in [-0.39, 0.29) is 0 Å². The minimum absolute atomic E-state index is 0.513. The molecular weight excluding hydrogens is 292 g/mol. The molecule has 1 aliphatic carbocycles. The standard InChI is InChI=1S/C15H17ClN2OS/c1-18(13-4-5-13)8-12-10-20-15(17-12)9-19-14-6-2-11(16)3-7-14/h2-3,6-7,10,13H,4-5,8-9H2,1H3. The second kappa shape index (κ2) is 6.12. The summed E-state index contributed by atoms with van der Waals surface area (Å²) in [6.07, 6.45) is 2.65. The van der Waals surface area contributed by atoms with Gasteiger partial charge in [0.25, 0.3) is 0 Å². The van der Waals surface area contributed by atoms with Crippen LogP contribution in [0.15, 0.2) is 29.6 Å². The minimum Gasteiger partial charge on any atom is -0.486 e. The molecule has 106 valence electrons. The Balaban J connectivity index is 1.52. The van der Waals surface area contributed by atoms with E-state index in [0.717, 1.165) is 34.1 Å². The van der Waals surface area contributed by atoms with Gasteiger partial charge in [-0.25, -0.2) is 4.98 Å². The molecule has 0 amide bonds. The van der Waals surface area contributed by atoms with Crippen molar-refractivity contribution in [1.82, 2.24) is 9.88 Å². The van der Waals surface area contributed by atoms with Crippen molar-refractivity contribution in [3.8, 4) is 5.75 Å². The van der Waals surface area contributed by atoms with Gasteiger partial charge in [-0.05, 0) is 44.2 Å². The Kier molecular flexibility index (Phi) is 4.24. The highest BCUT2D eigenvalue weighted by Crippen LogP contribution is 2.27. The van der Waals surface area contributed by atoms with Gasteiger partial charge in [0.05, 0.1) is 5.69 Å². The van der Waals surface area contributed by atoms with E-state index >= 15 is 0 Å². The lowest BCUT2D eigenvalue weighted by Gasteiger charge is -2.13. The van der Waals surface area contributed by atoms with Crippen molar-refractivity contribution in [2.45, 2.75) is 32.0 Å². The molecule has 5 heteroatoms. The minimum atomic E-state index is 0.513. The molecule has 0 saturated heterocycles. The number of ether oxygens (including phenoxy) is 1. The topological polar surface area (TPSA) is 25.4 Å². The van der Waals surface area contributed by atoms with Gasteiger partial charge in [-0.15, -0.1) is 11.3 Å². The summed E-state index contributed by atoms with van der Waals surface area (Å²) in [6, 6.07) is 8.17. The second-order valence-corrected chi connectivity index (χ2v) is 6.50. The average molecular weight is 309 g/mol. The summed E-state index contributed by atoms with van der Waals surface area (Å²) >= 11 is 7.50. The van der Waals surface area contributed by atoms with E-state index in [9.17, 15) is 0 Å². The highest BCUT2D eigenvalue weighted by atomic mass is 35.5. The second-order valence-electron chi connectivity index (χ2n) is 5.12. The quantitative estimate of drug-likeness (QED) is 0.807. The molecule has 1 fully saturated rings. The summed E-state index contributed by atoms with van der Waals surface area (Å²) in [4.78, 5) is 6.99. The third-order valence-electron chi connectivity index (χ3n) is 3.36. The number of benzene rings is 1. The predicted molar refractivity (Wildman–Crippen MR) is 82.4 cm³/mol. The SMILES string of the molecule is CN(Cc1csc(COc2ccc(Cl)cc2)n1)C1CC1. The molecule has 2 aromatic rings. The van der Waals surface area contributed by atoms with Crippen LogP contribution in [0.5, 0.6) is 5.75 Å². The van der Waals surface area contributed by atoms with Crippen LogP contribution in [0, 0.1) is 0 Å². The van der Waals surface area contributed by atoms with E-state index in [0.29, 0.717) is 6.61 Å². The van der Waals surface area contributed by atoms with Gasteiger partial charge in [0.2, 0.25) is 0 Å². The Morgan fingerprint density at radius 3 is 2.80 bits per heavy atom. The number of nitrogens with zero attached hydrogens (tertiary/aromatic N) is 2. The fraction of sp³-hybridized carbons (Fsp3) is 0.400. The maximum Gasteiger partial charge on any atom is 0.140 e. The molecule has 3 rings (SSSR count). The van der Waals surface area contributed by atoms with Crippen LogP contribution in [0.2, 0.25) is 5.02 Å². The van der Waals surface area contributed by atoms with Crippen molar-refractivity contribution < 1.29 is 4.74 Å². The predicted octanol–water partition coefficient (Wildman–Crippen LogP) is 3.97. The lowest BCUT2D eigenvalue weighted by atomic mass is 10.3. The van der Waals surface area contributed by atoms with Gasteiger partial charge in [0, 0.05) is 23.0 Å². The van der Waals surface area contributed by atoms with E-state index < -0.39 is 0 Å². The van der Waals surface area contributed by atoms with Crippen LogP contribution < -0.4 is 4.74 Å². The van der Waals surface area contributed by atoms with E-state index in [1.165, 1.54) is 12.8 Å². The highest BCUT2D eigenvalue weighted by Gasteiger charge is 2.26. The zero-order valence-corrected chi connectivity index (χ0v) is 13.0. The maximum atomic E-state index is 5.84. The zero-order chi connectivity index (χ0) is 13.9. The molecule has 0 radical (unpaired) electrons. The summed E-state index contributed by atoms with van der Waals surface area (Å²) in [5, 5.41) is 3.86. The van der Waals surface area contributed by atoms with Crippen molar-refractivity contribution >= 4 is 22.9 Å². The first-order valence-corrected chi connectivity index (χ1v) is 7.98. The van der Waals surface area contributed by atoms with Gasteiger partial charge in [0.1, 0.15) is 17.4 Å². The summed E-state index contributed by atoms with van der Waals surface area (Å²) < 4.78 is 5.70. The molecule has 0 atom stereocenters. The average Bonchev–Trinajstić information content (AvgIpc) is 3.20. The molecule has 0 spiro atoms. The summed E-state index contributed by atoms with van der Waals surface area (Å²) in [5.74, 6) is 0.821. The Morgan fingerprint density at radius 1 is 1.35 bits per heavy atom. The number of rotatable bonds is 6. The first kappa shape index (κ1) is 13.9. The van der Waals surface area contributed by atoms with E-state index in [1.807, 2.05) is 24.3 Å². The molecule has 20 heavy (non-hydrogen) atoms. The molecule has 1 aromatic heterocycles. The van der Waals surface area contributed by atoms with Gasteiger partial charge in [-0.2, -0.15) is 0 Å². The van der Waals surface area contributed by atoms with Crippen LogP contribution >= 0.6 is 22.9 Å². The molecule has 0 aliphatic heterocycles. The number of hydrogen-bond acceptors (Lipinski definition) is 4. The normalized spacial score (nSPS) is 14.8. The number of hydrogen-bond donors (Lipinski definition) is 0. The molecule has 0 N–H and O–H groups in total. The first-order chi connectivity index (χ1) is 9.70. The summed E-state index contributed by atoms with van der Waals surface area (Å²) in [6.45, 7) is 1.45. The van der Waals surface area contributed by atoms with Crippen molar-refractivity contribution in [3.05, 3.63) is 45.4 Å². The van der Waals surface area contributed by atoms with Gasteiger partial charge in [-0.3, -0.25) is 4.90 Å². The van der Waals surface area contributed by atoms with E-state index in [2.05, 4.69) is 22.3 Å². The Hall–Kier alpha value is -1.10. The van der Waals surface area contributed by atoms with Crippen LogP contribution in [-0.2, 0) is 13.2 Å². The molecule has 1 aromatic carbocycles. The van der Waals surface area contributed by atoms with Crippen LogP contribution in [0.1, 0.15) is 23.5 Å². The van der Waals surface area contributed by atoms with Crippen LogP contribution in [0.4, 0.5) is 0 Å². The lowest BCUT2D eigenvalue weighted by molar-refractivity contribution is 0.300. The van der Waals surface area contributed by atoms with E-state index in [1.54, 1.807) is 11.3 Å². The van der Waals surface area contributed by atoms with Gasteiger partial charge >= 0.3 is 0 Å². The Labute approximate surface area is 128 Å². The van der Waals surface area contributed by atoms with Crippen molar-refractivity contribution in [2.75, 3.05) is 7.05 Å². The molecule has 0 bridgehead atoms. The number of halogens is 1. The monoisotopic (exact) mass is 308 g/mol. The molecule has 1 saturated carbocycles. The highest BCUT2D eigenvalue weighted by molar-refractivity contribution is 7.09. The molecule has 3 nitrogen and oxygen atoms in total. The number of thiazole rings is 1. The van der Waals surface area contributed by atoms with Crippen LogP contribution in [0.3, 0.4) is 0 Å². The molecule has 1 aliphatic rings. The smallest absolute Gasteiger partial charge is 0.140 e. The number of aromatic nitrogens is 1. The fourth-order valence-corrected chi connectivity index (χ4v) is 2.89. The zero-order valence-electron chi connectivity index (χ0n) is 11.4. The van der Waals surface area contributed by atoms with Crippen molar-refractivity contribution in [2.24, 2.45) is 0 Å². The fourth-order valence-electron chi connectivity index (χ4n) is 2.06. The van der Waals surface area contributed by atoms with Gasteiger partial charge < -0.3 is 4.74 Å². The van der Waals surface area contributed by atoms with E-state index in [4.69, 9.17) is 16.3 Å². The lowest BCUT2D eigenvalue weighted by Crippen LogP contribution is -2.20. The van der Waals surface area contributed by atoms with Crippen LogP contribution in [0.25, 0.3) is 0 Å². The molecule has 1 heterocycles. The largest absolute Gasteiger partial charge is 0.486 e. The van der Waals surface area contributed by atoms with Crippen molar-refractivity contribution in [1.29, 1.82) is 0 Å². The van der Waals surface area contributed by atoms with Crippen molar-refractivity contribution in [3.63, 3.8) is 0 Å². The first-order valence-electron chi connectivity index (χ1n) is 6.72. The summed E-state index contributed by atoms with van der Waals surface area (Å²) in [5.41, 5.74) is 1.14.